The number of carbonyl (C=O) groups excluding carboxylic acids is 1. The van der Waals surface area contributed by atoms with Crippen molar-refractivity contribution in [2.75, 3.05) is 19.8 Å². The molecule has 0 radical (unpaired) electrons. The summed E-state index contributed by atoms with van der Waals surface area (Å²) in [4.78, 5) is 10.3. The third kappa shape index (κ3) is 4.19. The van der Waals surface area contributed by atoms with Gasteiger partial charge in [0.25, 0.3) is 0 Å². The number of aryl methyl sites for hydroxylation is 2. The smallest absolute Gasteiger partial charge is 0.157 e. The van der Waals surface area contributed by atoms with Gasteiger partial charge >= 0.3 is 0 Å². The third-order valence-electron chi connectivity index (χ3n) is 2.66. The van der Waals surface area contributed by atoms with E-state index in [4.69, 9.17) is 9.47 Å². The molecule has 0 fully saturated rings. The van der Waals surface area contributed by atoms with E-state index in [1.807, 2.05) is 19.9 Å². The second kappa shape index (κ2) is 7.07. The van der Waals surface area contributed by atoms with Gasteiger partial charge in [-0.1, -0.05) is 6.07 Å². The molecule has 0 unspecified atom stereocenters. The molecule has 94 valence electrons. The summed E-state index contributed by atoms with van der Waals surface area (Å²) in [6.45, 7) is 7.63. The van der Waals surface area contributed by atoms with Crippen LogP contribution in [0.25, 0.3) is 0 Å². The standard InChI is InChI=1S/C14H20O3/c1-4-16-7-5-13-9-12(3)14(10-11(13)2)17-8-6-15/h6,9-10H,4-5,7-8H2,1-3H3. The van der Waals surface area contributed by atoms with E-state index >= 15 is 0 Å². The second-order valence-electron chi connectivity index (χ2n) is 3.97. The van der Waals surface area contributed by atoms with E-state index in [9.17, 15) is 4.79 Å². The molecular weight excluding hydrogens is 216 g/mol. The Morgan fingerprint density at radius 3 is 2.65 bits per heavy atom. The van der Waals surface area contributed by atoms with E-state index in [0.717, 1.165) is 37.2 Å². The Hall–Kier alpha value is -1.35. The molecule has 0 atom stereocenters. The van der Waals surface area contributed by atoms with E-state index in [1.54, 1.807) is 0 Å². The Morgan fingerprint density at radius 2 is 2.00 bits per heavy atom. The Kier molecular flexibility index (Phi) is 5.70. The molecule has 0 aliphatic rings. The lowest BCUT2D eigenvalue weighted by atomic mass is 10.0. The van der Waals surface area contributed by atoms with Crippen LogP contribution in [0.3, 0.4) is 0 Å². The molecule has 0 aromatic heterocycles. The van der Waals surface area contributed by atoms with Crippen LogP contribution in [-0.2, 0) is 16.0 Å². The molecule has 3 nitrogen and oxygen atoms in total. The molecule has 0 heterocycles. The Balaban J connectivity index is 2.74. The molecular formula is C14H20O3. The molecule has 3 heteroatoms. The van der Waals surface area contributed by atoms with Crippen LogP contribution in [0.2, 0.25) is 0 Å². The highest BCUT2D eigenvalue weighted by atomic mass is 16.5. The SMILES string of the molecule is CCOCCc1cc(C)c(OCC=O)cc1C. The normalized spacial score (nSPS) is 10.3. The topological polar surface area (TPSA) is 35.5 Å². The third-order valence-corrected chi connectivity index (χ3v) is 2.66. The van der Waals surface area contributed by atoms with E-state index in [-0.39, 0.29) is 6.61 Å². The van der Waals surface area contributed by atoms with Gasteiger partial charge in [-0.05, 0) is 49.9 Å². The molecule has 1 rings (SSSR count). The summed E-state index contributed by atoms with van der Waals surface area (Å²) in [5.41, 5.74) is 3.51. The number of benzene rings is 1. The monoisotopic (exact) mass is 236 g/mol. The van der Waals surface area contributed by atoms with Crippen LogP contribution in [0.15, 0.2) is 12.1 Å². The molecule has 0 amide bonds. The quantitative estimate of drug-likeness (QED) is 0.539. The minimum Gasteiger partial charge on any atom is -0.486 e. The van der Waals surface area contributed by atoms with E-state index in [0.29, 0.717) is 0 Å². The summed E-state index contributed by atoms with van der Waals surface area (Å²) in [5.74, 6) is 0.787. The molecule has 1 aromatic rings. The van der Waals surface area contributed by atoms with Crippen molar-refractivity contribution in [1.29, 1.82) is 0 Å². The molecule has 0 spiro atoms. The van der Waals surface area contributed by atoms with Gasteiger partial charge in [-0.2, -0.15) is 0 Å². The fraction of sp³-hybridized carbons (Fsp3) is 0.500. The highest BCUT2D eigenvalue weighted by molar-refractivity contribution is 5.52. The Bertz CT molecular complexity index is 372. The average Bonchev–Trinajstić information content (AvgIpc) is 2.31. The molecule has 0 saturated heterocycles. The lowest BCUT2D eigenvalue weighted by Crippen LogP contribution is -2.03. The van der Waals surface area contributed by atoms with Gasteiger partial charge in [0, 0.05) is 6.61 Å². The van der Waals surface area contributed by atoms with Crippen molar-refractivity contribution in [2.45, 2.75) is 27.2 Å². The van der Waals surface area contributed by atoms with Crippen molar-refractivity contribution >= 4 is 6.29 Å². The lowest BCUT2D eigenvalue weighted by Gasteiger charge is -2.12. The van der Waals surface area contributed by atoms with Crippen molar-refractivity contribution in [2.24, 2.45) is 0 Å². The van der Waals surface area contributed by atoms with E-state index in [2.05, 4.69) is 13.0 Å². The number of hydrogen-bond donors (Lipinski definition) is 0. The van der Waals surface area contributed by atoms with E-state index < -0.39 is 0 Å². The zero-order valence-corrected chi connectivity index (χ0v) is 10.8. The minimum absolute atomic E-state index is 0.110. The van der Waals surface area contributed by atoms with Crippen LogP contribution in [0.5, 0.6) is 5.75 Å². The first kappa shape index (κ1) is 13.7. The van der Waals surface area contributed by atoms with Crippen molar-refractivity contribution in [1.82, 2.24) is 0 Å². The fourth-order valence-electron chi connectivity index (χ4n) is 1.72. The lowest BCUT2D eigenvalue weighted by molar-refractivity contribution is -0.109. The summed E-state index contributed by atoms with van der Waals surface area (Å²) in [6, 6.07) is 4.09. The molecule has 0 aliphatic carbocycles. The summed E-state index contributed by atoms with van der Waals surface area (Å²) in [6.07, 6.45) is 1.67. The van der Waals surface area contributed by atoms with Gasteiger partial charge in [-0.3, -0.25) is 4.79 Å². The predicted molar refractivity (Wildman–Crippen MR) is 67.7 cm³/mol. The maximum atomic E-state index is 10.3. The number of aldehydes is 1. The number of rotatable bonds is 7. The highest BCUT2D eigenvalue weighted by Crippen LogP contribution is 2.23. The van der Waals surface area contributed by atoms with Crippen LogP contribution < -0.4 is 4.74 Å². The van der Waals surface area contributed by atoms with Gasteiger partial charge in [0.15, 0.2) is 6.29 Å². The molecule has 1 aromatic carbocycles. The van der Waals surface area contributed by atoms with Crippen molar-refractivity contribution < 1.29 is 14.3 Å². The first-order chi connectivity index (χ1) is 8.19. The molecule has 0 saturated carbocycles. The van der Waals surface area contributed by atoms with Crippen molar-refractivity contribution in [3.63, 3.8) is 0 Å². The predicted octanol–water partition coefficient (Wildman–Crippen LogP) is 2.46. The van der Waals surface area contributed by atoms with Gasteiger partial charge in [-0.25, -0.2) is 0 Å². The van der Waals surface area contributed by atoms with Gasteiger partial charge in [-0.15, -0.1) is 0 Å². The van der Waals surface area contributed by atoms with Crippen LogP contribution in [0, 0.1) is 13.8 Å². The number of ether oxygens (including phenoxy) is 2. The van der Waals surface area contributed by atoms with Gasteiger partial charge in [0.2, 0.25) is 0 Å². The average molecular weight is 236 g/mol. The van der Waals surface area contributed by atoms with Crippen LogP contribution in [0.1, 0.15) is 23.6 Å². The summed E-state index contributed by atoms with van der Waals surface area (Å²) in [7, 11) is 0. The zero-order chi connectivity index (χ0) is 12.7. The van der Waals surface area contributed by atoms with Gasteiger partial charge < -0.3 is 9.47 Å². The second-order valence-corrected chi connectivity index (χ2v) is 3.97. The number of hydrogen-bond acceptors (Lipinski definition) is 3. The van der Waals surface area contributed by atoms with Gasteiger partial charge in [0.1, 0.15) is 12.4 Å². The highest BCUT2D eigenvalue weighted by Gasteiger charge is 2.05. The maximum Gasteiger partial charge on any atom is 0.157 e. The summed E-state index contributed by atoms with van der Waals surface area (Å²) < 4.78 is 10.7. The minimum atomic E-state index is 0.110. The summed E-state index contributed by atoms with van der Waals surface area (Å²) in [5, 5.41) is 0. The van der Waals surface area contributed by atoms with E-state index in [1.165, 1.54) is 11.1 Å². The largest absolute Gasteiger partial charge is 0.486 e. The number of carbonyl (C=O) groups is 1. The first-order valence-electron chi connectivity index (χ1n) is 5.93. The van der Waals surface area contributed by atoms with Crippen LogP contribution >= 0.6 is 0 Å². The molecule has 0 bridgehead atoms. The molecule has 0 aliphatic heterocycles. The molecule has 17 heavy (non-hydrogen) atoms. The fourth-order valence-corrected chi connectivity index (χ4v) is 1.72. The van der Waals surface area contributed by atoms with Crippen LogP contribution in [0.4, 0.5) is 0 Å². The Labute approximate surface area is 103 Å². The summed E-state index contributed by atoms with van der Waals surface area (Å²) >= 11 is 0. The van der Waals surface area contributed by atoms with Gasteiger partial charge in [0.05, 0.1) is 6.61 Å². The van der Waals surface area contributed by atoms with Crippen LogP contribution in [-0.4, -0.2) is 26.1 Å². The molecule has 0 N–H and O–H groups in total. The first-order valence-corrected chi connectivity index (χ1v) is 5.93. The Morgan fingerprint density at radius 1 is 1.24 bits per heavy atom. The zero-order valence-electron chi connectivity index (χ0n) is 10.8. The van der Waals surface area contributed by atoms with Crippen molar-refractivity contribution in [3.8, 4) is 5.75 Å². The maximum absolute atomic E-state index is 10.3. The van der Waals surface area contributed by atoms with Crippen molar-refractivity contribution in [3.05, 3.63) is 28.8 Å².